The van der Waals surface area contributed by atoms with Crippen LogP contribution >= 0.6 is 15.9 Å². The van der Waals surface area contributed by atoms with E-state index in [4.69, 9.17) is 4.74 Å². The normalized spacial score (nSPS) is 24.8. The maximum atomic E-state index is 9.95. The van der Waals surface area contributed by atoms with E-state index in [9.17, 15) is 5.11 Å². The summed E-state index contributed by atoms with van der Waals surface area (Å²) in [7, 11) is 1.60. The molecule has 3 heteroatoms. The number of rotatable bonds is 1. The zero-order chi connectivity index (χ0) is 10.1. The van der Waals surface area contributed by atoms with Crippen LogP contribution in [0.1, 0.15) is 17.2 Å². The fourth-order valence-corrected chi connectivity index (χ4v) is 2.02. The third kappa shape index (κ3) is 1.63. The van der Waals surface area contributed by atoms with Crippen molar-refractivity contribution in [1.29, 1.82) is 0 Å². The topological polar surface area (TPSA) is 29.5 Å². The molecule has 0 spiro atoms. The molecule has 74 valence electrons. The molecule has 0 radical (unpaired) electrons. The smallest absolute Gasteiger partial charge is 0.109 e. The van der Waals surface area contributed by atoms with Crippen LogP contribution < -0.4 is 0 Å². The summed E-state index contributed by atoms with van der Waals surface area (Å²) in [6.07, 6.45) is 3.04. The average molecular weight is 255 g/mol. The molecule has 0 aromatic heterocycles. The summed E-state index contributed by atoms with van der Waals surface area (Å²) < 4.78 is 6.12. The molecular weight excluding hydrogens is 244 g/mol. The van der Waals surface area contributed by atoms with Crippen molar-refractivity contribution in [2.24, 2.45) is 0 Å². The standard InChI is InChI=1S/C11H11BrO2/c1-14-10-5-3-7-2-4-8(12)6-9(7)11(10)13/h2-6,10-11,13H,1H3/t10-,11-/m0/s1. The van der Waals surface area contributed by atoms with Crippen molar-refractivity contribution in [1.82, 2.24) is 0 Å². The molecule has 14 heavy (non-hydrogen) atoms. The number of hydrogen-bond acceptors (Lipinski definition) is 2. The number of aliphatic hydroxyl groups is 1. The molecule has 0 heterocycles. The van der Waals surface area contributed by atoms with Gasteiger partial charge in [0.1, 0.15) is 12.2 Å². The Kier molecular flexibility index (Phi) is 2.72. The minimum absolute atomic E-state index is 0.239. The van der Waals surface area contributed by atoms with Crippen molar-refractivity contribution >= 4 is 22.0 Å². The fourth-order valence-electron chi connectivity index (χ4n) is 1.64. The highest BCUT2D eigenvalue weighted by molar-refractivity contribution is 9.10. The lowest BCUT2D eigenvalue weighted by atomic mass is 9.93. The Morgan fingerprint density at radius 2 is 2.21 bits per heavy atom. The van der Waals surface area contributed by atoms with Crippen LogP contribution in [0.4, 0.5) is 0 Å². The summed E-state index contributed by atoms with van der Waals surface area (Å²) >= 11 is 3.38. The molecule has 0 saturated heterocycles. The maximum absolute atomic E-state index is 9.95. The highest BCUT2D eigenvalue weighted by atomic mass is 79.9. The van der Waals surface area contributed by atoms with Gasteiger partial charge in [-0.3, -0.25) is 0 Å². The largest absolute Gasteiger partial charge is 0.385 e. The van der Waals surface area contributed by atoms with Crippen molar-refractivity contribution in [3.8, 4) is 0 Å². The van der Waals surface area contributed by atoms with Crippen molar-refractivity contribution in [2.45, 2.75) is 12.2 Å². The Morgan fingerprint density at radius 1 is 1.43 bits per heavy atom. The summed E-state index contributed by atoms with van der Waals surface area (Å²) in [6, 6.07) is 5.86. The van der Waals surface area contributed by atoms with Crippen LogP contribution in [0.25, 0.3) is 6.08 Å². The van der Waals surface area contributed by atoms with Crippen LogP contribution in [0.15, 0.2) is 28.7 Å². The molecular formula is C11H11BrO2. The van der Waals surface area contributed by atoms with E-state index in [1.807, 2.05) is 30.4 Å². The lowest BCUT2D eigenvalue weighted by Gasteiger charge is -2.24. The monoisotopic (exact) mass is 254 g/mol. The van der Waals surface area contributed by atoms with E-state index in [0.717, 1.165) is 15.6 Å². The minimum Gasteiger partial charge on any atom is -0.385 e. The average Bonchev–Trinajstić information content (AvgIpc) is 2.20. The molecule has 1 aliphatic rings. The molecule has 1 aromatic carbocycles. The van der Waals surface area contributed by atoms with Crippen LogP contribution in [0.2, 0.25) is 0 Å². The lowest BCUT2D eigenvalue weighted by Crippen LogP contribution is -2.21. The van der Waals surface area contributed by atoms with E-state index >= 15 is 0 Å². The summed E-state index contributed by atoms with van der Waals surface area (Å²) in [6.45, 7) is 0. The molecule has 0 bridgehead atoms. The summed E-state index contributed by atoms with van der Waals surface area (Å²) in [5.41, 5.74) is 1.96. The van der Waals surface area contributed by atoms with E-state index in [2.05, 4.69) is 15.9 Å². The molecule has 1 aromatic rings. The van der Waals surface area contributed by atoms with E-state index < -0.39 is 6.10 Å². The molecule has 1 N–H and O–H groups in total. The number of fused-ring (bicyclic) bond motifs is 1. The molecule has 2 nitrogen and oxygen atoms in total. The lowest BCUT2D eigenvalue weighted by molar-refractivity contribution is 0.0150. The van der Waals surface area contributed by atoms with Crippen LogP contribution in [-0.4, -0.2) is 18.3 Å². The second kappa shape index (κ2) is 3.85. The van der Waals surface area contributed by atoms with Gasteiger partial charge in [0.2, 0.25) is 0 Å². The van der Waals surface area contributed by atoms with Gasteiger partial charge < -0.3 is 9.84 Å². The van der Waals surface area contributed by atoms with E-state index in [-0.39, 0.29) is 6.10 Å². The van der Waals surface area contributed by atoms with Gasteiger partial charge in [0.25, 0.3) is 0 Å². The van der Waals surface area contributed by atoms with Crippen LogP contribution in [0.3, 0.4) is 0 Å². The molecule has 1 aliphatic carbocycles. The summed E-state index contributed by atoms with van der Waals surface area (Å²) in [5, 5.41) is 9.95. The Balaban J connectivity index is 2.45. The second-order valence-corrected chi connectivity index (χ2v) is 4.19. The Morgan fingerprint density at radius 3 is 2.93 bits per heavy atom. The first-order valence-electron chi connectivity index (χ1n) is 4.41. The van der Waals surface area contributed by atoms with E-state index in [1.165, 1.54) is 0 Å². The number of halogens is 1. The van der Waals surface area contributed by atoms with Gasteiger partial charge in [0.15, 0.2) is 0 Å². The number of benzene rings is 1. The third-order valence-electron chi connectivity index (χ3n) is 2.42. The third-order valence-corrected chi connectivity index (χ3v) is 2.91. The van der Waals surface area contributed by atoms with Gasteiger partial charge in [-0.1, -0.05) is 34.1 Å². The van der Waals surface area contributed by atoms with E-state index in [0.29, 0.717) is 0 Å². The maximum Gasteiger partial charge on any atom is 0.109 e. The highest BCUT2D eigenvalue weighted by Gasteiger charge is 2.23. The van der Waals surface area contributed by atoms with E-state index in [1.54, 1.807) is 7.11 Å². The highest BCUT2D eigenvalue weighted by Crippen LogP contribution is 2.31. The van der Waals surface area contributed by atoms with Crippen molar-refractivity contribution < 1.29 is 9.84 Å². The van der Waals surface area contributed by atoms with Crippen molar-refractivity contribution in [2.75, 3.05) is 7.11 Å². The summed E-state index contributed by atoms with van der Waals surface area (Å²) in [4.78, 5) is 0. The number of hydrogen-bond donors (Lipinski definition) is 1. The molecule has 0 unspecified atom stereocenters. The predicted octanol–water partition coefficient (Wildman–Crippen LogP) is 2.52. The molecule has 2 atom stereocenters. The molecule has 0 amide bonds. The van der Waals surface area contributed by atoms with Crippen LogP contribution in [0, 0.1) is 0 Å². The molecule has 2 rings (SSSR count). The Hall–Kier alpha value is -0.640. The molecule has 0 aliphatic heterocycles. The predicted molar refractivity (Wildman–Crippen MR) is 58.9 cm³/mol. The minimum atomic E-state index is -0.572. The van der Waals surface area contributed by atoms with Crippen LogP contribution in [-0.2, 0) is 4.74 Å². The van der Waals surface area contributed by atoms with Gasteiger partial charge in [0, 0.05) is 11.6 Å². The zero-order valence-corrected chi connectivity index (χ0v) is 9.36. The van der Waals surface area contributed by atoms with Crippen LogP contribution in [0.5, 0.6) is 0 Å². The first-order valence-corrected chi connectivity index (χ1v) is 5.20. The Bertz CT molecular complexity index is 374. The van der Waals surface area contributed by atoms with Crippen molar-refractivity contribution in [3.05, 3.63) is 39.9 Å². The van der Waals surface area contributed by atoms with Gasteiger partial charge in [-0.2, -0.15) is 0 Å². The molecule has 0 fully saturated rings. The Labute approximate surface area is 91.3 Å². The van der Waals surface area contributed by atoms with Crippen molar-refractivity contribution in [3.63, 3.8) is 0 Å². The fraction of sp³-hybridized carbons (Fsp3) is 0.273. The van der Waals surface area contributed by atoms with Gasteiger partial charge >= 0.3 is 0 Å². The SMILES string of the molecule is CO[C@H]1C=Cc2ccc(Br)cc2[C@@H]1O. The quantitative estimate of drug-likeness (QED) is 0.835. The van der Waals surface area contributed by atoms with Gasteiger partial charge in [-0.05, 0) is 23.3 Å². The number of methoxy groups -OCH3 is 1. The first kappa shape index (κ1) is 9.90. The first-order chi connectivity index (χ1) is 6.72. The second-order valence-electron chi connectivity index (χ2n) is 3.28. The van der Waals surface area contributed by atoms with Gasteiger partial charge in [-0.15, -0.1) is 0 Å². The summed E-state index contributed by atoms with van der Waals surface area (Å²) in [5.74, 6) is 0. The molecule has 0 saturated carbocycles. The van der Waals surface area contributed by atoms with Gasteiger partial charge in [-0.25, -0.2) is 0 Å². The zero-order valence-electron chi connectivity index (χ0n) is 7.77. The number of ether oxygens (including phenoxy) is 1. The number of aliphatic hydroxyl groups excluding tert-OH is 1. The van der Waals surface area contributed by atoms with Gasteiger partial charge in [0.05, 0.1) is 0 Å².